The fraction of sp³-hybridized carbons (Fsp3) is 0.276. The number of aromatic nitrogens is 4. The number of nitrogens with zero attached hydrogens (tertiary/aromatic N) is 3. The van der Waals surface area contributed by atoms with Gasteiger partial charge in [-0.05, 0) is 62.6 Å². The molecule has 2 aromatic heterocycles. The highest BCUT2D eigenvalue weighted by molar-refractivity contribution is 7.92. The van der Waals surface area contributed by atoms with Crippen molar-refractivity contribution >= 4 is 43.3 Å². The van der Waals surface area contributed by atoms with Crippen molar-refractivity contribution in [1.82, 2.24) is 20.2 Å². The van der Waals surface area contributed by atoms with E-state index in [2.05, 4.69) is 19.9 Å². The molecule has 3 aromatic carbocycles. The highest BCUT2D eigenvalue weighted by atomic mass is 32.2. The maximum Gasteiger partial charge on any atom is 0.232 e. The number of hydrogen-bond acceptors (Lipinski definition) is 7. The van der Waals surface area contributed by atoms with Crippen LogP contribution in [0.5, 0.6) is 0 Å². The van der Waals surface area contributed by atoms with Gasteiger partial charge in [0, 0.05) is 35.1 Å². The van der Waals surface area contributed by atoms with Crippen LogP contribution in [0.2, 0.25) is 0 Å². The molecule has 0 saturated carbocycles. The fourth-order valence-corrected chi connectivity index (χ4v) is 5.45. The van der Waals surface area contributed by atoms with E-state index in [0.29, 0.717) is 22.3 Å². The summed E-state index contributed by atoms with van der Waals surface area (Å²) in [6.07, 6.45) is 1.53. The molecule has 5 aromatic rings. The van der Waals surface area contributed by atoms with Crippen LogP contribution < -0.4 is 10.5 Å². The van der Waals surface area contributed by atoms with E-state index < -0.39 is 28.3 Å². The molecule has 0 bridgehead atoms. The number of nitrogen functional groups attached to an aromatic ring is 1. The topological polar surface area (TPSA) is 136 Å². The first-order valence-corrected chi connectivity index (χ1v) is 14.8. The van der Waals surface area contributed by atoms with Gasteiger partial charge in [-0.25, -0.2) is 22.8 Å². The van der Waals surface area contributed by atoms with Gasteiger partial charge in [-0.3, -0.25) is 14.2 Å². The molecular formula is C29H32F2N6O3S. The second-order valence-electron chi connectivity index (χ2n) is 9.17. The number of benzene rings is 3. The molecule has 41 heavy (non-hydrogen) atoms. The Morgan fingerprint density at radius 2 is 1.76 bits per heavy atom. The minimum absolute atomic E-state index is 0.170. The van der Waals surface area contributed by atoms with Crippen molar-refractivity contribution in [3.8, 4) is 22.5 Å². The van der Waals surface area contributed by atoms with Crippen LogP contribution in [0.4, 0.5) is 20.3 Å². The summed E-state index contributed by atoms with van der Waals surface area (Å²) in [7, 11) is -3.89. The molecule has 5 rings (SSSR count). The monoisotopic (exact) mass is 582 g/mol. The summed E-state index contributed by atoms with van der Waals surface area (Å²) in [6.45, 7) is 6.73. The van der Waals surface area contributed by atoms with Crippen molar-refractivity contribution < 1.29 is 21.9 Å². The van der Waals surface area contributed by atoms with E-state index in [0.717, 1.165) is 35.2 Å². The molecule has 0 spiro atoms. The number of rotatable bonds is 9. The number of halogens is 2. The summed E-state index contributed by atoms with van der Waals surface area (Å²) >= 11 is 0. The van der Waals surface area contributed by atoms with Gasteiger partial charge in [-0.15, -0.1) is 0 Å². The third-order valence-electron chi connectivity index (χ3n) is 6.28. The van der Waals surface area contributed by atoms with Crippen LogP contribution in [-0.2, 0) is 14.8 Å². The Balaban J connectivity index is 0.000000714. The predicted octanol–water partition coefficient (Wildman–Crippen LogP) is 6.01. The molecule has 9 nitrogen and oxygen atoms in total. The molecule has 0 aliphatic heterocycles. The van der Waals surface area contributed by atoms with E-state index >= 15 is 4.39 Å². The SMILES string of the molecule is CCOCC.Cc1cc(-c2cccc(NS(=O)(=O)CCCF)c2F)cc2c(N)nc(-c3cccc4[nH]ncc34)nc12. The highest BCUT2D eigenvalue weighted by Gasteiger charge is 2.18. The van der Waals surface area contributed by atoms with Crippen LogP contribution in [0.15, 0.2) is 54.7 Å². The van der Waals surface area contributed by atoms with Gasteiger partial charge >= 0.3 is 0 Å². The Bertz CT molecular complexity index is 1770. The molecule has 216 valence electrons. The van der Waals surface area contributed by atoms with Gasteiger partial charge in [-0.1, -0.05) is 24.3 Å². The van der Waals surface area contributed by atoms with Crippen LogP contribution in [0.3, 0.4) is 0 Å². The smallest absolute Gasteiger partial charge is 0.232 e. The average Bonchev–Trinajstić information content (AvgIpc) is 3.43. The van der Waals surface area contributed by atoms with E-state index in [-0.39, 0.29) is 23.5 Å². The largest absolute Gasteiger partial charge is 0.383 e. The third kappa shape index (κ3) is 6.77. The van der Waals surface area contributed by atoms with Crippen LogP contribution in [0.1, 0.15) is 25.8 Å². The van der Waals surface area contributed by atoms with Gasteiger partial charge in [0.05, 0.1) is 35.3 Å². The van der Waals surface area contributed by atoms with E-state index in [1.165, 1.54) is 6.07 Å². The molecule has 0 aliphatic rings. The number of anilines is 2. The Morgan fingerprint density at radius 3 is 2.46 bits per heavy atom. The number of sulfonamides is 1. The summed E-state index contributed by atoms with van der Waals surface area (Å²) in [5, 5.41) is 8.40. The van der Waals surface area contributed by atoms with Crippen molar-refractivity contribution in [2.45, 2.75) is 27.2 Å². The summed E-state index contributed by atoms with van der Waals surface area (Å²) < 4.78 is 59.1. The zero-order valence-corrected chi connectivity index (χ0v) is 23.9. The number of hydrogen-bond donors (Lipinski definition) is 3. The zero-order chi connectivity index (χ0) is 29.6. The third-order valence-corrected chi connectivity index (χ3v) is 7.63. The van der Waals surface area contributed by atoms with Gasteiger partial charge in [0.15, 0.2) is 11.6 Å². The number of aromatic amines is 1. The Kier molecular flexibility index (Phi) is 9.46. The number of nitrogens with two attached hydrogens (primary N) is 1. The summed E-state index contributed by atoms with van der Waals surface area (Å²) in [5.74, 6) is -0.518. The molecular weight excluding hydrogens is 550 g/mol. The molecule has 0 saturated heterocycles. The van der Waals surface area contributed by atoms with Crippen LogP contribution >= 0.6 is 0 Å². The van der Waals surface area contributed by atoms with Crippen molar-refractivity contribution in [1.29, 1.82) is 0 Å². The lowest BCUT2D eigenvalue weighted by Gasteiger charge is -2.14. The van der Waals surface area contributed by atoms with Gasteiger partial charge in [-0.2, -0.15) is 5.10 Å². The summed E-state index contributed by atoms with van der Waals surface area (Å²) in [6, 6.07) is 13.5. The first-order chi connectivity index (χ1) is 19.7. The predicted molar refractivity (Wildman–Crippen MR) is 159 cm³/mol. The van der Waals surface area contributed by atoms with Crippen molar-refractivity contribution in [2.24, 2.45) is 0 Å². The molecule has 2 heterocycles. The second kappa shape index (κ2) is 13.0. The molecule has 0 unspecified atom stereocenters. The quantitative estimate of drug-likeness (QED) is 0.194. The summed E-state index contributed by atoms with van der Waals surface area (Å²) in [4.78, 5) is 9.24. The van der Waals surface area contributed by atoms with Crippen LogP contribution in [0.25, 0.3) is 44.3 Å². The summed E-state index contributed by atoms with van der Waals surface area (Å²) in [5.41, 5.74) is 9.77. The molecule has 12 heteroatoms. The molecule has 0 fully saturated rings. The van der Waals surface area contributed by atoms with Crippen LogP contribution in [-0.4, -0.2) is 54.2 Å². The minimum Gasteiger partial charge on any atom is -0.383 e. The average molecular weight is 583 g/mol. The number of fused-ring (bicyclic) bond motifs is 2. The molecule has 0 amide bonds. The number of aryl methyl sites for hydroxylation is 1. The molecule has 0 aliphatic carbocycles. The second-order valence-corrected chi connectivity index (χ2v) is 11.0. The standard InChI is InChI=1S/C25H22F2N6O2S.C4H10O/c1-14-11-15(16-5-2-8-21(22(16)27)33-36(34,35)10-4-9-26)12-18-23(14)30-25(31-24(18)28)17-6-3-7-20-19(17)13-29-32-20;1-3-5-4-2/h2-3,5-8,11-13,33H,4,9-10H2,1H3,(H,29,32)(H2,28,30,31);3-4H2,1-2H3. The van der Waals surface area contributed by atoms with E-state index in [1.807, 2.05) is 39.0 Å². The lowest BCUT2D eigenvalue weighted by atomic mass is 9.99. The van der Waals surface area contributed by atoms with Crippen molar-refractivity contribution in [3.63, 3.8) is 0 Å². The van der Waals surface area contributed by atoms with Crippen molar-refractivity contribution in [3.05, 3.63) is 66.1 Å². The van der Waals surface area contributed by atoms with Crippen molar-refractivity contribution in [2.75, 3.05) is 36.1 Å². The zero-order valence-electron chi connectivity index (χ0n) is 23.0. The van der Waals surface area contributed by atoms with Gasteiger partial charge in [0.2, 0.25) is 10.0 Å². The Labute approximate surface area is 237 Å². The minimum atomic E-state index is -3.89. The fourth-order valence-electron chi connectivity index (χ4n) is 4.37. The Hall–Kier alpha value is -4.16. The first-order valence-electron chi connectivity index (χ1n) is 13.1. The lowest BCUT2D eigenvalue weighted by molar-refractivity contribution is 0.162. The maximum absolute atomic E-state index is 15.4. The van der Waals surface area contributed by atoms with Gasteiger partial charge in [0.25, 0.3) is 0 Å². The lowest BCUT2D eigenvalue weighted by Crippen LogP contribution is -2.18. The number of alkyl halides is 1. The van der Waals surface area contributed by atoms with Crippen LogP contribution in [0, 0.1) is 12.7 Å². The molecule has 0 radical (unpaired) electrons. The highest BCUT2D eigenvalue weighted by Crippen LogP contribution is 2.35. The number of H-pyrrole nitrogens is 1. The van der Waals surface area contributed by atoms with E-state index in [4.69, 9.17) is 15.5 Å². The van der Waals surface area contributed by atoms with E-state index in [1.54, 1.807) is 30.5 Å². The molecule has 0 atom stereocenters. The van der Waals surface area contributed by atoms with E-state index in [9.17, 15) is 12.8 Å². The normalized spacial score (nSPS) is 11.4. The maximum atomic E-state index is 15.4. The number of ether oxygens (including phenoxy) is 1. The van der Waals surface area contributed by atoms with Gasteiger partial charge in [0.1, 0.15) is 5.82 Å². The van der Waals surface area contributed by atoms with Gasteiger partial charge < -0.3 is 10.5 Å². The number of nitrogens with one attached hydrogen (secondary N) is 2. The molecule has 4 N–H and O–H groups in total. The Morgan fingerprint density at radius 1 is 1.02 bits per heavy atom. The first kappa shape index (κ1) is 29.8.